The van der Waals surface area contributed by atoms with Crippen LogP contribution < -0.4 is 11.1 Å². The lowest BCUT2D eigenvalue weighted by Crippen LogP contribution is -2.55. The summed E-state index contributed by atoms with van der Waals surface area (Å²) < 4.78 is 0. The quantitative estimate of drug-likeness (QED) is 0.655. The zero-order chi connectivity index (χ0) is 20.5. The molecule has 1 aromatic carbocycles. The minimum Gasteiger partial charge on any atom is -0.345 e. The van der Waals surface area contributed by atoms with Crippen molar-refractivity contribution in [3.8, 4) is 0 Å². The van der Waals surface area contributed by atoms with Crippen LogP contribution in [0.25, 0.3) is 0 Å². The molecule has 0 fully saturated rings. The van der Waals surface area contributed by atoms with Gasteiger partial charge in [-0.3, -0.25) is 24.3 Å². The molecule has 3 N–H and O–H groups in total. The van der Waals surface area contributed by atoms with E-state index in [1.165, 1.54) is 17.0 Å². The molecule has 9 heteroatoms. The number of nitrogens with zero attached hydrogens (tertiary/aromatic N) is 2. The molecule has 0 saturated carbocycles. The smallest absolute Gasteiger partial charge is 0.261 e. The second-order valence-electron chi connectivity index (χ2n) is 7.54. The second kappa shape index (κ2) is 10.0. The van der Waals surface area contributed by atoms with Gasteiger partial charge in [0.15, 0.2) is 0 Å². The highest BCUT2D eigenvalue weighted by atomic mass is 35.5. The average Bonchev–Trinajstić information content (AvgIpc) is 2.93. The van der Waals surface area contributed by atoms with Gasteiger partial charge in [0, 0.05) is 24.5 Å². The Morgan fingerprint density at radius 1 is 1.10 bits per heavy atom. The predicted molar refractivity (Wildman–Crippen MR) is 119 cm³/mol. The fraction of sp³-hybridized carbons (Fsp3) is 0.333. The van der Waals surface area contributed by atoms with Crippen LogP contribution in [-0.2, 0) is 6.54 Å². The number of rotatable bonds is 6. The molecule has 30 heavy (non-hydrogen) atoms. The van der Waals surface area contributed by atoms with Gasteiger partial charge in [0.1, 0.15) is 0 Å². The van der Waals surface area contributed by atoms with E-state index in [1.54, 1.807) is 30.6 Å². The van der Waals surface area contributed by atoms with Crippen molar-refractivity contribution >= 4 is 42.5 Å². The third-order valence-electron chi connectivity index (χ3n) is 5.42. The summed E-state index contributed by atoms with van der Waals surface area (Å²) in [5, 5.41) is 2.95. The molecule has 0 bridgehead atoms. The first kappa shape index (κ1) is 25.6. The Morgan fingerprint density at radius 3 is 2.27 bits per heavy atom. The molecule has 0 spiro atoms. The van der Waals surface area contributed by atoms with Crippen LogP contribution in [0.3, 0.4) is 0 Å². The number of aromatic nitrogens is 1. The van der Waals surface area contributed by atoms with Gasteiger partial charge in [0.05, 0.1) is 23.2 Å². The van der Waals surface area contributed by atoms with E-state index in [4.69, 9.17) is 5.73 Å². The molecule has 1 aliphatic heterocycles. The number of fused-ring (bicyclic) bond motifs is 1. The Bertz CT molecular complexity index is 937. The van der Waals surface area contributed by atoms with Crippen molar-refractivity contribution in [3.63, 3.8) is 0 Å². The van der Waals surface area contributed by atoms with Gasteiger partial charge in [0.2, 0.25) is 0 Å². The minimum absolute atomic E-state index is 0. The molecule has 0 aliphatic carbocycles. The summed E-state index contributed by atoms with van der Waals surface area (Å²) >= 11 is 0. The van der Waals surface area contributed by atoms with Gasteiger partial charge in [-0.15, -0.1) is 24.8 Å². The molecule has 0 saturated heterocycles. The number of pyridine rings is 1. The molecule has 1 aromatic heterocycles. The summed E-state index contributed by atoms with van der Waals surface area (Å²) in [6.45, 7) is 6.30. The standard InChI is InChI=1S/C21H24N4O3.2ClH/c1-13(2)21(3,12-22)24-18(26)15-4-5-16-17(10-15)20(28)25(19(16)27)11-14-6-8-23-9-7-14;;/h4-10,13H,11-12,22H2,1-3H3,(H,24,26);2*1H. The van der Waals surface area contributed by atoms with Crippen molar-refractivity contribution in [2.45, 2.75) is 32.9 Å². The molecule has 3 rings (SSSR count). The van der Waals surface area contributed by atoms with Crippen LogP contribution in [0.4, 0.5) is 0 Å². The summed E-state index contributed by atoms with van der Waals surface area (Å²) in [5.74, 6) is -0.957. The maximum Gasteiger partial charge on any atom is 0.261 e. The summed E-state index contributed by atoms with van der Waals surface area (Å²) in [4.78, 5) is 43.2. The van der Waals surface area contributed by atoms with Crippen molar-refractivity contribution in [2.75, 3.05) is 6.54 Å². The van der Waals surface area contributed by atoms with E-state index in [2.05, 4.69) is 10.3 Å². The Hall–Kier alpha value is -2.48. The molecule has 2 heterocycles. The minimum atomic E-state index is -0.566. The Kier molecular flexibility index (Phi) is 8.53. The Balaban J connectivity index is 0.00000225. The number of benzene rings is 1. The van der Waals surface area contributed by atoms with E-state index in [9.17, 15) is 14.4 Å². The first-order valence-electron chi connectivity index (χ1n) is 9.18. The number of nitrogens with one attached hydrogen (secondary N) is 1. The van der Waals surface area contributed by atoms with Crippen molar-refractivity contribution in [2.24, 2.45) is 11.7 Å². The fourth-order valence-corrected chi connectivity index (χ4v) is 3.01. The normalized spacial score (nSPS) is 14.5. The first-order chi connectivity index (χ1) is 13.3. The summed E-state index contributed by atoms with van der Waals surface area (Å²) in [7, 11) is 0. The predicted octanol–water partition coefficient (Wildman–Crippen LogP) is 2.82. The maximum atomic E-state index is 12.8. The van der Waals surface area contributed by atoms with Crippen LogP contribution in [-0.4, -0.2) is 39.7 Å². The lowest BCUT2D eigenvalue weighted by Gasteiger charge is -2.33. The molecule has 162 valence electrons. The fourth-order valence-electron chi connectivity index (χ4n) is 3.01. The first-order valence-corrected chi connectivity index (χ1v) is 9.18. The van der Waals surface area contributed by atoms with Crippen molar-refractivity contribution in [1.29, 1.82) is 0 Å². The van der Waals surface area contributed by atoms with Gasteiger partial charge in [-0.05, 0) is 48.7 Å². The van der Waals surface area contributed by atoms with Crippen LogP contribution in [0.5, 0.6) is 0 Å². The number of halogens is 2. The van der Waals surface area contributed by atoms with Gasteiger partial charge in [0.25, 0.3) is 17.7 Å². The highest BCUT2D eigenvalue weighted by molar-refractivity contribution is 6.22. The van der Waals surface area contributed by atoms with Crippen LogP contribution in [0.15, 0.2) is 42.7 Å². The lowest BCUT2D eigenvalue weighted by molar-refractivity contribution is 0.0642. The topological polar surface area (TPSA) is 105 Å². The molecule has 0 radical (unpaired) electrons. The molecule has 7 nitrogen and oxygen atoms in total. The summed E-state index contributed by atoms with van der Waals surface area (Å²) in [6.07, 6.45) is 3.22. The SMILES string of the molecule is CC(C)C(C)(CN)NC(=O)c1ccc2c(c1)C(=O)N(Cc1ccncc1)C2=O.Cl.Cl. The summed E-state index contributed by atoms with van der Waals surface area (Å²) in [5.41, 5.74) is 6.94. The van der Waals surface area contributed by atoms with E-state index in [1.807, 2.05) is 20.8 Å². The van der Waals surface area contributed by atoms with Crippen LogP contribution in [0, 0.1) is 5.92 Å². The number of imide groups is 1. The van der Waals surface area contributed by atoms with Gasteiger partial charge in [-0.2, -0.15) is 0 Å². The average molecular weight is 453 g/mol. The largest absolute Gasteiger partial charge is 0.345 e. The van der Waals surface area contributed by atoms with Gasteiger partial charge in [-0.25, -0.2) is 0 Å². The number of nitrogens with two attached hydrogens (primary N) is 1. The van der Waals surface area contributed by atoms with E-state index in [0.717, 1.165) is 5.56 Å². The lowest BCUT2D eigenvalue weighted by atomic mass is 9.88. The van der Waals surface area contributed by atoms with Gasteiger partial charge in [-0.1, -0.05) is 13.8 Å². The van der Waals surface area contributed by atoms with Gasteiger partial charge >= 0.3 is 0 Å². The molecule has 2 aromatic rings. The van der Waals surface area contributed by atoms with E-state index in [0.29, 0.717) is 17.7 Å². The second-order valence-corrected chi connectivity index (χ2v) is 7.54. The monoisotopic (exact) mass is 452 g/mol. The Labute approximate surface area is 188 Å². The molecule has 1 aliphatic rings. The highest BCUT2D eigenvalue weighted by Gasteiger charge is 2.36. The van der Waals surface area contributed by atoms with Crippen molar-refractivity contribution in [3.05, 3.63) is 65.0 Å². The van der Waals surface area contributed by atoms with Crippen molar-refractivity contribution < 1.29 is 14.4 Å². The van der Waals surface area contributed by atoms with E-state index < -0.39 is 11.4 Å². The van der Waals surface area contributed by atoms with E-state index in [-0.39, 0.29) is 54.7 Å². The Morgan fingerprint density at radius 2 is 1.70 bits per heavy atom. The van der Waals surface area contributed by atoms with Crippen molar-refractivity contribution in [1.82, 2.24) is 15.2 Å². The number of carbonyl (C=O) groups is 3. The summed E-state index contributed by atoms with van der Waals surface area (Å²) in [6, 6.07) is 8.08. The molecule has 1 atom stereocenters. The number of carbonyl (C=O) groups excluding carboxylic acids is 3. The maximum absolute atomic E-state index is 12.8. The van der Waals surface area contributed by atoms with Gasteiger partial charge < -0.3 is 11.1 Å². The number of hydrogen-bond donors (Lipinski definition) is 2. The van der Waals surface area contributed by atoms with Crippen LogP contribution >= 0.6 is 24.8 Å². The van der Waals surface area contributed by atoms with Crippen LogP contribution in [0.1, 0.15) is 57.4 Å². The zero-order valence-corrected chi connectivity index (χ0v) is 18.7. The third-order valence-corrected chi connectivity index (χ3v) is 5.42. The molecule has 1 unspecified atom stereocenters. The number of hydrogen-bond acceptors (Lipinski definition) is 5. The van der Waals surface area contributed by atoms with E-state index >= 15 is 0 Å². The molecule has 3 amide bonds. The molecular formula is C21H26Cl2N4O3. The number of amides is 3. The third kappa shape index (κ3) is 4.80. The molecular weight excluding hydrogens is 427 g/mol. The zero-order valence-electron chi connectivity index (χ0n) is 17.0. The van der Waals surface area contributed by atoms with Crippen LogP contribution in [0.2, 0.25) is 0 Å². The highest BCUT2D eigenvalue weighted by Crippen LogP contribution is 2.26.